The Morgan fingerprint density at radius 3 is 2.47 bits per heavy atom. The molecule has 2 heterocycles. The average Bonchev–Trinajstić information content (AvgIpc) is 3.26. The number of rotatable bonds is 9. The van der Waals surface area contributed by atoms with Crippen molar-refractivity contribution in [3.8, 4) is 5.75 Å². The number of nitrogens with one attached hydrogen (secondary N) is 1. The molecule has 1 aliphatic heterocycles. The van der Waals surface area contributed by atoms with E-state index in [1.807, 2.05) is 22.4 Å². The number of carbonyl (C=O) groups excluding carboxylic acids is 3. The quantitative estimate of drug-likeness (QED) is 0.443. The van der Waals surface area contributed by atoms with Crippen LogP contribution in [0.3, 0.4) is 0 Å². The standard InChI is InChI=1S/C20H19F4N3O4S/c21-14-6-15(22)19(24)20(18(14)23)31-11-12(28)7-25-16(29)9-27-4-3-26(10-17(27)30)8-13-2-1-5-32-13/h1-2,5-6H,3-4,7-11H2,(H,25,29). The highest BCUT2D eigenvalue weighted by atomic mass is 32.1. The zero-order valence-corrected chi connectivity index (χ0v) is 17.5. The Kier molecular flexibility index (Phi) is 7.80. The molecule has 172 valence electrons. The number of thiophene rings is 1. The smallest absolute Gasteiger partial charge is 0.239 e. The molecule has 1 fully saturated rings. The average molecular weight is 473 g/mol. The van der Waals surface area contributed by atoms with Crippen LogP contribution in [0.4, 0.5) is 17.6 Å². The second kappa shape index (κ2) is 10.6. The lowest BCUT2D eigenvalue weighted by Crippen LogP contribution is -2.52. The highest BCUT2D eigenvalue weighted by Crippen LogP contribution is 2.26. The molecule has 12 heteroatoms. The molecule has 1 N–H and O–H groups in total. The highest BCUT2D eigenvalue weighted by molar-refractivity contribution is 7.09. The van der Waals surface area contributed by atoms with Crippen LogP contribution in [0.15, 0.2) is 23.6 Å². The molecule has 1 aromatic heterocycles. The molecule has 1 saturated heterocycles. The van der Waals surface area contributed by atoms with Gasteiger partial charge in [-0.05, 0) is 11.4 Å². The van der Waals surface area contributed by atoms with Gasteiger partial charge in [0.1, 0.15) is 6.61 Å². The summed E-state index contributed by atoms with van der Waals surface area (Å²) in [7, 11) is 0. The summed E-state index contributed by atoms with van der Waals surface area (Å²) in [5, 5.41) is 4.23. The fraction of sp³-hybridized carbons (Fsp3) is 0.350. The second-order valence-electron chi connectivity index (χ2n) is 7.01. The minimum absolute atomic E-state index is 0.0167. The van der Waals surface area contributed by atoms with E-state index >= 15 is 0 Å². The summed E-state index contributed by atoms with van der Waals surface area (Å²) in [4.78, 5) is 40.6. The van der Waals surface area contributed by atoms with Crippen molar-refractivity contribution < 1.29 is 36.7 Å². The summed E-state index contributed by atoms with van der Waals surface area (Å²) >= 11 is 1.59. The Labute approximate surface area is 184 Å². The molecule has 2 amide bonds. The van der Waals surface area contributed by atoms with Crippen LogP contribution in [0.5, 0.6) is 5.75 Å². The van der Waals surface area contributed by atoms with E-state index < -0.39 is 53.9 Å². The number of hydrogen-bond acceptors (Lipinski definition) is 6. The molecule has 0 spiro atoms. The summed E-state index contributed by atoms with van der Waals surface area (Å²) < 4.78 is 57.8. The van der Waals surface area contributed by atoms with Crippen molar-refractivity contribution in [1.29, 1.82) is 0 Å². The van der Waals surface area contributed by atoms with Gasteiger partial charge >= 0.3 is 0 Å². The Balaban J connectivity index is 1.40. The maximum atomic E-state index is 13.5. The minimum atomic E-state index is -1.77. The molecule has 1 aromatic carbocycles. The molecule has 0 saturated carbocycles. The van der Waals surface area contributed by atoms with E-state index in [2.05, 4.69) is 10.1 Å². The third kappa shape index (κ3) is 6.04. The van der Waals surface area contributed by atoms with Gasteiger partial charge in [-0.2, -0.15) is 8.78 Å². The molecule has 1 aliphatic rings. The predicted molar refractivity (Wildman–Crippen MR) is 106 cm³/mol. The fourth-order valence-corrected chi connectivity index (χ4v) is 3.74. The van der Waals surface area contributed by atoms with E-state index in [1.165, 1.54) is 4.90 Å². The van der Waals surface area contributed by atoms with Crippen molar-refractivity contribution in [2.75, 3.05) is 39.3 Å². The normalized spacial score (nSPS) is 14.5. The minimum Gasteiger partial charge on any atom is -0.479 e. The number of Topliss-reactive ketones (excluding diaryl/α,β-unsaturated/α-hetero) is 1. The molecule has 3 rings (SSSR count). The first kappa shape index (κ1) is 23.7. The summed E-state index contributed by atoms with van der Waals surface area (Å²) in [5.41, 5.74) is 0. The monoisotopic (exact) mass is 473 g/mol. The van der Waals surface area contributed by atoms with Gasteiger partial charge in [0.2, 0.25) is 23.4 Å². The number of halogens is 4. The van der Waals surface area contributed by atoms with Crippen LogP contribution in [0, 0.1) is 23.3 Å². The van der Waals surface area contributed by atoms with Gasteiger partial charge in [-0.3, -0.25) is 19.3 Å². The van der Waals surface area contributed by atoms with Crippen molar-refractivity contribution in [2.24, 2.45) is 0 Å². The summed E-state index contributed by atoms with van der Waals surface area (Å²) in [6.45, 7) is 0.0267. The maximum absolute atomic E-state index is 13.5. The maximum Gasteiger partial charge on any atom is 0.239 e. The van der Waals surface area contributed by atoms with E-state index in [9.17, 15) is 31.9 Å². The van der Waals surface area contributed by atoms with Crippen LogP contribution in [-0.2, 0) is 20.9 Å². The van der Waals surface area contributed by atoms with Crippen molar-refractivity contribution >= 4 is 28.9 Å². The molecule has 0 aliphatic carbocycles. The number of ketones is 1. The van der Waals surface area contributed by atoms with Crippen LogP contribution in [0.2, 0.25) is 0 Å². The van der Waals surface area contributed by atoms with Crippen molar-refractivity contribution in [1.82, 2.24) is 15.1 Å². The van der Waals surface area contributed by atoms with E-state index in [0.717, 1.165) is 4.88 Å². The van der Waals surface area contributed by atoms with Crippen LogP contribution in [0.1, 0.15) is 4.88 Å². The molecule has 0 atom stereocenters. The molecule has 0 radical (unpaired) electrons. The number of piperazine rings is 1. The summed E-state index contributed by atoms with van der Waals surface area (Å²) in [6, 6.07) is 3.92. The van der Waals surface area contributed by atoms with Crippen LogP contribution < -0.4 is 10.1 Å². The first-order chi connectivity index (χ1) is 15.2. The molecular weight excluding hydrogens is 454 g/mol. The van der Waals surface area contributed by atoms with Gasteiger partial charge < -0.3 is 15.0 Å². The second-order valence-corrected chi connectivity index (χ2v) is 8.04. The first-order valence-corrected chi connectivity index (χ1v) is 10.4. The topological polar surface area (TPSA) is 79.0 Å². The van der Waals surface area contributed by atoms with Gasteiger partial charge in [0.25, 0.3) is 0 Å². The van der Waals surface area contributed by atoms with Gasteiger partial charge in [-0.25, -0.2) is 8.78 Å². The third-order valence-electron chi connectivity index (χ3n) is 4.62. The van der Waals surface area contributed by atoms with Crippen molar-refractivity contribution in [2.45, 2.75) is 6.54 Å². The lowest BCUT2D eigenvalue weighted by Gasteiger charge is -2.33. The molecule has 7 nitrogen and oxygen atoms in total. The number of ether oxygens (including phenoxy) is 1. The van der Waals surface area contributed by atoms with E-state index in [0.29, 0.717) is 19.6 Å². The number of amides is 2. The summed E-state index contributed by atoms with van der Waals surface area (Å²) in [6.07, 6.45) is 0. The molecule has 2 aromatic rings. The molecule has 32 heavy (non-hydrogen) atoms. The van der Waals surface area contributed by atoms with Gasteiger partial charge in [-0.1, -0.05) is 6.07 Å². The highest BCUT2D eigenvalue weighted by Gasteiger charge is 2.26. The predicted octanol–water partition coefficient (Wildman–Crippen LogP) is 1.71. The number of benzene rings is 1. The Hall–Kier alpha value is -2.99. The van der Waals surface area contributed by atoms with E-state index in [-0.39, 0.29) is 25.1 Å². The third-order valence-corrected chi connectivity index (χ3v) is 5.48. The van der Waals surface area contributed by atoms with Crippen LogP contribution in [0.25, 0.3) is 0 Å². The molecule has 0 unspecified atom stereocenters. The van der Waals surface area contributed by atoms with Crippen molar-refractivity contribution in [3.05, 3.63) is 51.7 Å². The van der Waals surface area contributed by atoms with E-state index in [1.54, 1.807) is 11.3 Å². The zero-order chi connectivity index (χ0) is 23.3. The van der Waals surface area contributed by atoms with Gasteiger partial charge in [0.15, 0.2) is 23.2 Å². The first-order valence-electron chi connectivity index (χ1n) is 9.51. The largest absolute Gasteiger partial charge is 0.479 e. The summed E-state index contributed by atoms with van der Waals surface area (Å²) in [5.74, 6) is -9.85. The lowest BCUT2D eigenvalue weighted by atomic mass is 10.2. The SMILES string of the molecule is O=C(CNC(=O)CN1CCN(Cc2cccs2)CC1=O)COc1c(F)c(F)cc(F)c1F. The van der Waals surface area contributed by atoms with Crippen molar-refractivity contribution in [3.63, 3.8) is 0 Å². The number of nitrogens with zero attached hydrogens (tertiary/aromatic N) is 2. The van der Waals surface area contributed by atoms with Crippen LogP contribution in [-0.4, -0.2) is 66.7 Å². The Morgan fingerprint density at radius 1 is 1.12 bits per heavy atom. The van der Waals surface area contributed by atoms with Gasteiger partial charge in [0.05, 0.1) is 19.6 Å². The number of carbonyl (C=O) groups is 3. The van der Waals surface area contributed by atoms with E-state index in [4.69, 9.17) is 0 Å². The van der Waals surface area contributed by atoms with Gasteiger partial charge in [-0.15, -0.1) is 11.3 Å². The Morgan fingerprint density at radius 2 is 1.84 bits per heavy atom. The zero-order valence-electron chi connectivity index (χ0n) is 16.7. The molecule has 0 bridgehead atoms. The molecular formula is C20H19F4N3O4S. The lowest BCUT2D eigenvalue weighted by molar-refractivity contribution is -0.140. The number of hydrogen-bond donors (Lipinski definition) is 1. The fourth-order valence-electron chi connectivity index (χ4n) is 2.99. The van der Waals surface area contributed by atoms with Crippen LogP contribution >= 0.6 is 11.3 Å². The Bertz CT molecular complexity index is 977. The van der Waals surface area contributed by atoms with Gasteiger partial charge in [0, 0.05) is 30.6 Å².